The zero-order valence-corrected chi connectivity index (χ0v) is 14.5. The molecule has 0 saturated carbocycles. The summed E-state index contributed by atoms with van der Waals surface area (Å²) in [4.78, 5) is 12.1. The number of allylic oxidation sites excluding steroid dienone is 8. The quantitative estimate of drug-likeness (QED) is 0.361. The standard InChI is InChI=1S/C22H17F3O2/c23-22(24,25)27-20-13-11-19(12-14-20)21(26)15-8-16-6-9-18(10-7-16)17-4-2-1-3-5-17/h4,6,8-9,11-15H,1-3,5H2/b15-8+. The van der Waals surface area contributed by atoms with Gasteiger partial charge in [-0.3, -0.25) is 4.79 Å². The van der Waals surface area contributed by atoms with Gasteiger partial charge >= 0.3 is 6.36 Å². The fourth-order valence-corrected chi connectivity index (χ4v) is 2.85. The maximum Gasteiger partial charge on any atom is 0.573 e. The number of rotatable bonds is 5. The van der Waals surface area contributed by atoms with Crippen molar-refractivity contribution in [1.82, 2.24) is 0 Å². The topological polar surface area (TPSA) is 26.3 Å². The Kier molecular flexibility index (Phi) is 5.66. The number of carbonyl (C=O) groups is 1. The molecule has 0 fully saturated rings. The van der Waals surface area contributed by atoms with Gasteiger partial charge in [0.2, 0.25) is 0 Å². The first kappa shape index (κ1) is 18.8. The van der Waals surface area contributed by atoms with Gasteiger partial charge in [0, 0.05) is 16.7 Å². The SMILES string of the molecule is O=C(/C=C/C1=C=C=C(C2=CCCCC2)C=C1)c1ccc(OC(F)(F)F)cc1. The molecule has 0 saturated heterocycles. The molecule has 5 heteroatoms. The summed E-state index contributed by atoms with van der Waals surface area (Å²) < 4.78 is 40.2. The van der Waals surface area contributed by atoms with Crippen molar-refractivity contribution in [3.05, 3.63) is 88.4 Å². The third kappa shape index (κ3) is 5.49. The summed E-state index contributed by atoms with van der Waals surface area (Å²) in [6.45, 7) is 0. The van der Waals surface area contributed by atoms with Crippen LogP contribution in [0.3, 0.4) is 0 Å². The molecule has 0 radical (unpaired) electrons. The zero-order valence-electron chi connectivity index (χ0n) is 14.5. The Balaban J connectivity index is 1.68. The number of hydrogen-bond donors (Lipinski definition) is 0. The van der Waals surface area contributed by atoms with Gasteiger partial charge in [-0.05, 0) is 79.8 Å². The molecular weight excluding hydrogens is 353 g/mol. The van der Waals surface area contributed by atoms with Crippen molar-refractivity contribution < 1.29 is 22.7 Å². The number of benzene rings is 1. The monoisotopic (exact) mass is 370 g/mol. The molecule has 0 bridgehead atoms. The van der Waals surface area contributed by atoms with Gasteiger partial charge < -0.3 is 4.74 Å². The van der Waals surface area contributed by atoms with Crippen LogP contribution in [0.1, 0.15) is 36.0 Å². The molecule has 1 aromatic rings. The Morgan fingerprint density at radius 3 is 2.44 bits per heavy atom. The van der Waals surface area contributed by atoms with Crippen molar-refractivity contribution in [3.8, 4) is 5.75 Å². The highest BCUT2D eigenvalue weighted by Gasteiger charge is 2.31. The molecule has 0 N–H and O–H groups in total. The molecule has 0 aliphatic heterocycles. The van der Waals surface area contributed by atoms with Gasteiger partial charge in [-0.2, -0.15) is 0 Å². The first-order valence-electron chi connectivity index (χ1n) is 8.62. The highest BCUT2D eigenvalue weighted by Crippen LogP contribution is 2.26. The van der Waals surface area contributed by atoms with Gasteiger partial charge in [-0.1, -0.05) is 17.5 Å². The Labute approximate surface area is 155 Å². The second kappa shape index (κ2) is 8.13. The highest BCUT2D eigenvalue weighted by atomic mass is 19.4. The van der Waals surface area contributed by atoms with Crippen LogP contribution in [0.25, 0.3) is 0 Å². The fourth-order valence-electron chi connectivity index (χ4n) is 2.85. The highest BCUT2D eigenvalue weighted by molar-refractivity contribution is 6.04. The van der Waals surface area contributed by atoms with Crippen LogP contribution in [-0.4, -0.2) is 12.1 Å². The predicted octanol–water partition coefficient (Wildman–Crippen LogP) is 6.00. The van der Waals surface area contributed by atoms with E-state index >= 15 is 0 Å². The van der Waals surface area contributed by atoms with Crippen molar-refractivity contribution in [2.75, 3.05) is 0 Å². The molecule has 138 valence electrons. The van der Waals surface area contributed by atoms with Gasteiger partial charge in [-0.25, -0.2) is 0 Å². The van der Waals surface area contributed by atoms with E-state index in [0.717, 1.165) is 30.5 Å². The number of ketones is 1. The Morgan fingerprint density at radius 1 is 1.07 bits per heavy atom. The summed E-state index contributed by atoms with van der Waals surface area (Å²) in [5, 5.41) is 0. The Bertz CT molecular complexity index is 915. The minimum Gasteiger partial charge on any atom is -0.406 e. The van der Waals surface area contributed by atoms with E-state index in [1.807, 2.05) is 12.2 Å². The van der Waals surface area contributed by atoms with Crippen LogP contribution in [0.5, 0.6) is 5.75 Å². The van der Waals surface area contributed by atoms with Crippen LogP contribution in [0.15, 0.2) is 82.8 Å². The summed E-state index contributed by atoms with van der Waals surface area (Å²) in [5.74, 6) is -0.681. The summed E-state index contributed by atoms with van der Waals surface area (Å²) >= 11 is 0. The van der Waals surface area contributed by atoms with Gasteiger partial charge in [0.15, 0.2) is 5.78 Å². The lowest BCUT2D eigenvalue weighted by atomic mass is 9.92. The van der Waals surface area contributed by atoms with Gasteiger partial charge in [0.05, 0.1) is 0 Å². The van der Waals surface area contributed by atoms with Crippen molar-refractivity contribution in [1.29, 1.82) is 0 Å². The van der Waals surface area contributed by atoms with E-state index in [9.17, 15) is 18.0 Å². The van der Waals surface area contributed by atoms with Crippen LogP contribution in [0, 0.1) is 0 Å². The van der Waals surface area contributed by atoms with Gasteiger partial charge in [-0.15, -0.1) is 13.2 Å². The van der Waals surface area contributed by atoms with Crippen LogP contribution >= 0.6 is 0 Å². The molecule has 2 aliphatic carbocycles. The first-order valence-corrected chi connectivity index (χ1v) is 8.62. The Morgan fingerprint density at radius 2 is 1.85 bits per heavy atom. The first-order chi connectivity index (χ1) is 12.9. The molecule has 1 aromatic carbocycles. The molecule has 0 unspecified atom stereocenters. The molecule has 2 aliphatic rings. The molecule has 27 heavy (non-hydrogen) atoms. The van der Waals surface area contributed by atoms with Crippen LogP contribution in [-0.2, 0) is 0 Å². The third-order valence-corrected chi connectivity index (χ3v) is 4.19. The summed E-state index contributed by atoms with van der Waals surface area (Å²) in [6.07, 6.45) is 8.81. The van der Waals surface area contributed by atoms with E-state index in [1.54, 1.807) is 6.08 Å². The van der Waals surface area contributed by atoms with E-state index in [2.05, 4.69) is 22.3 Å². The number of alkyl halides is 3. The zero-order chi connectivity index (χ0) is 19.3. The van der Waals surface area contributed by atoms with Gasteiger partial charge in [0.1, 0.15) is 5.75 Å². The van der Waals surface area contributed by atoms with Crippen LogP contribution in [0.4, 0.5) is 13.2 Å². The average Bonchev–Trinajstić information content (AvgIpc) is 2.66. The lowest BCUT2D eigenvalue weighted by molar-refractivity contribution is -0.274. The molecular formula is C22H17F3O2. The Hall–Kier alpha value is -3.00. The van der Waals surface area contributed by atoms with Gasteiger partial charge in [0.25, 0.3) is 0 Å². The second-order valence-corrected chi connectivity index (χ2v) is 6.20. The molecule has 2 nitrogen and oxygen atoms in total. The van der Waals surface area contributed by atoms with Crippen molar-refractivity contribution in [2.24, 2.45) is 0 Å². The minimum atomic E-state index is -4.75. The van der Waals surface area contributed by atoms with Crippen molar-refractivity contribution in [2.45, 2.75) is 32.0 Å². The summed E-state index contributed by atoms with van der Waals surface area (Å²) in [6, 6.07) is 4.81. The number of carbonyl (C=O) groups excluding carboxylic acids is 1. The van der Waals surface area contributed by atoms with E-state index in [0.29, 0.717) is 5.57 Å². The van der Waals surface area contributed by atoms with E-state index < -0.39 is 6.36 Å². The van der Waals surface area contributed by atoms with E-state index in [1.165, 1.54) is 36.6 Å². The third-order valence-electron chi connectivity index (χ3n) is 4.19. The lowest BCUT2D eigenvalue weighted by Gasteiger charge is -2.12. The predicted molar refractivity (Wildman–Crippen MR) is 96.3 cm³/mol. The van der Waals surface area contributed by atoms with E-state index in [-0.39, 0.29) is 17.1 Å². The largest absolute Gasteiger partial charge is 0.573 e. The molecule has 3 rings (SSSR count). The fraction of sp³-hybridized carbons (Fsp3) is 0.227. The molecule has 0 aromatic heterocycles. The molecule has 0 heterocycles. The average molecular weight is 370 g/mol. The summed E-state index contributed by atoms with van der Waals surface area (Å²) in [5.41, 5.74) is 9.44. The van der Waals surface area contributed by atoms with Crippen LogP contribution in [0.2, 0.25) is 0 Å². The number of halogens is 3. The second-order valence-electron chi connectivity index (χ2n) is 6.20. The van der Waals surface area contributed by atoms with Crippen LogP contribution < -0.4 is 4.74 Å². The number of ether oxygens (including phenoxy) is 1. The lowest BCUT2D eigenvalue weighted by Crippen LogP contribution is -2.17. The number of hydrogen-bond acceptors (Lipinski definition) is 2. The normalized spacial score (nSPS) is 16.8. The van der Waals surface area contributed by atoms with E-state index in [4.69, 9.17) is 0 Å². The maximum absolute atomic E-state index is 12.1. The maximum atomic E-state index is 12.1. The molecule has 0 atom stereocenters. The van der Waals surface area contributed by atoms with Crippen molar-refractivity contribution in [3.63, 3.8) is 0 Å². The smallest absolute Gasteiger partial charge is 0.406 e. The minimum absolute atomic E-state index is 0.272. The van der Waals surface area contributed by atoms with Crippen molar-refractivity contribution >= 4 is 5.78 Å². The summed E-state index contributed by atoms with van der Waals surface area (Å²) in [7, 11) is 0. The molecule has 0 amide bonds. The molecule has 0 spiro atoms.